The van der Waals surface area contributed by atoms with Crippen LogP contribution in [0.2, 0.25) is 0 Å². The molecule has 0 aromatic heterocycles. The van der Waals surface area contributed by atoms with Crippen molar-refractivity contribution in [1.82, 2.24) is 10.6 Å². The van der Waals surface area contributed by atoms with Crippen LogP contribution in [-0.2, 0) is 23.9 Å². The Morgan fingerprint density at radius 3 is 2.00 bits per heavy atom. The maximum atomic E-state index is 12.9. The van der Waals surface area contributed by atoms with Crippen LogP contribution in [0.3, 0.4) is 0 Å². The van der Waals surface area contributed by atoms with Crippen LogP contribution >= 0.6 is 0 Å². The van der Waals surface area contributed by atoms with Crippen LogP contribution in [0.4, 0.5) is 0 Å². The van der Waals surface area contributed by atoms with Gasteiger partial charge < -0.3 is 25.2 Å². The summed E-state index contributed by atoms with van der Waals surface area (Å²) in [6.45, 7) is 1.57. The zero-order valence-electron chi connectivity index (χ0n) is 18.7. The molecule has 0 saturated heterocycles. The number of aliphatic hydroxyl groups excluding tert-OH is 1. The summed E-state index contributed by atoms with van der Waals surface area (Å²) in [7, 11) is 2.36. The van der Waals surface area contributed by atoms with E-state index in [1.807, 2.05) is 0 Å². The van der Waals surface area contributed by atoms with Gasteiger partial charge in [0, 0.05) is 5.56 Å². The fraction of sp³-hybridized carbons (Fsp3) is 0.333. The van der Waals surface area contributed by atoms with Gasteiger partial charge in [0.15, 0.2) is 6.10 Å². The second-order valence-corrected chi connectivity index (χ2v) is 7.44. The maximum absolute atomic E-state index is 12.9. The minimum Gasteiger partial charge on any atom is -0.469 e. The van der Waals surface area contributed by atoms with E-state index >= 15 is 0 Å². The lowest BCUT2D eigenvalue weighted by atomic mass is 9.96. The number of carbonyl (C=O) groups excluding carboxylic acids is 4. The molecule has 2 aromatic rings. The van der Waals surface area contributed by atoms with Gasteiger partial charge in [0.25, 0.3) is 11.8 Å². The second kappa shape index (κ2) is 12.4. The summed E-state index contributed by atoms with van der Waals surface area (Å²) in [6.07, 6.45) is -1.89. The number of hydrogen-bond donors (Lipinski definition) is 3. The molecule has 9 heteroatoms. The number of esters is 2. The van der Waals surface area contributed by atoms with Gasteiger partial charge in [0.05, 0.1) is 26.7 Å². The van der Waals surface area contributed by atoms with Gasteiger partial charge in [-0.05, 0) is 23.6 Å². The first-order valence-corrected chi connectivity index (χ1v) is 10.3. The predicted molar refractivity (Wildman–Crippen MR) is 119 cm³/mol. The molecular weight excluding hydrogens is 428 g/mol. The molecule has 0 saturated carbocycles. The second-order valence-electron chi connectivity index (χ2n) is 7.44. The van der Waals surface area contributed by atoms with E-state index in [-0.39, 0.29) is 6.42 Å². The summed E-state index contributed by atoms with van der Waals surface area (Å²) in [6, 6.07) is 14.5. The van der Waals surface area contributed by atoms with E-state index in [9.17, 15) is 24.3 Å². The molecule has 2 rings (SSSR count). The Bertz CT molecular complexity index is 950. The Morgan fingerprint density at radius 1 is 0.879 bits per heavy atom. The Morgan fingerprint density at radius 2 is 1.45 bits per heavy atom. The fourth-order valence-electron chi connectivity index (χ4n) is 3.23. The van der Waals surface area contributed by atoms with Crippen molar-refractivity contribution in [3.8, 4) is 0 Å². The zero-order chi connectivity index (χ0) is 24.4. The zero-order valence-corrected chi connectivity index (χ0v) is 18.7. The Hall–Kier alpha value is -3.72. The standard InChI is InChI=1S/C24H28N2O7/c1-15(14-18(27)32-2)19(24(31)33-3)25-23(30)21(28)20(16-10-6-4-7-11-16)26-22(29)17-12-8-5-9-13-17/h4-13,15,19-21,28H,14H2,1-3H3,(H,25,30)(H,26,29)/t15-,19+,20-,21+/m0/s1. The molecule has 3 N–H and O–H groups in total. The summed E-state index contributed by atoms with van der Waals surface area (Å²) in [5.74, 6) is -3.42. The van der Waals surface area contributed by atoms with E-state index in [4.69, 9.17) is 4.74 Å². The first kappa shape index (κ1) is 25.5. The van der Waals surface area contributed by atoms with Crippen molar-refractivity contribution in [3.63, 3.8) is 0 Å². The third-order valence-electron chi connectivity index (χ3n) is 5.10. The monoisotopic (exact) mass is 456 g/mol. The third kappa shape index (κ3) is 7.15. The predicted octanol–water partition coefficient (Wildman–Crippen LogP) is 1.38. The van der Waals surface area contributed by atoms with Gasteiger partial charge >= 0.3 is 11.9 Å². The van der Waals surface area contributed by atoms with Crippen molar-refractivity contribution in [2.75, 3.05) is 14.2 Å². The summed E-state index contributed by atoms with van der Waals surface area (Å²) in [5.41, 5.74) is 0.840. The van der Waals surface area contributed by atoms with Crippen LogP contribution in [0.15, 0.2) is 60.7 Å². The Balaban J connectivity index is 2.25. The first-order chi connectivity index (χ1) is 15.8. The lowest BCUT2D eigenvalue weighted by Gasteiger charge is -2.27. The number of benzene rings is 2. The van der Waals surface area contributed by atoms with Crippen LogP contribution in [0.5, 0.6) is 0 Å². The van der Waals surface area contributed by atoms with Gasteiger partial charge in [0.2, 0.25) is 0 Å². The molecule has 0 unspecified atom stereocenters. The molecule has 2 aromatic carbocycles. The van der Waals surface area contributed by atoms with Crippen molar-refractivity contribution in [3.05, 3.63) is 71.8 Å². The number of ether oxygens (including phenoxy) is 2. The SMILES string of the molecule is COC(=O)C[C@H](C)[C@@H](NC(=O)[C@H](O)[C@@H](NC(=O)c1ccccc1)c1ccccc1)C(=O)OC. The van der Waals surface area contributed by atoms with E-state index in [1.165, 1.54) is 7.11 Å². The lowest BCUT2D eigenvalue weighted by Crippen LogP contribution is -2.52. The molecule has 33 heavy (non-hydrogen) atoms. The highest BCUT2D eigenvalue weighted by molar-refractivity contribution is 5.95. The number of hydrogen-bond acceptors (Lipinski definition) is 7. The van der Waals surface area contributed by atoms with Gasteiger partial charge in [-0.25, -0.2) is 4.79 Å². The van der Waals surface area contributed by atoms with E-state index in [0.29, 0.717) is 11.1 Å². The van der Waals surface area contributed by atoms with E-state index in [2.05, 4.69) is 15.4 Å². The first-order valence-electron chi connectivity index (χ1n) is 10.3. The van der Waals surface area contributed by atoms with Crippen molar-refractivity contribution in [2.24, 2.45) is 5.92 Å². The van der Waals surface area contributed by atoms with Gasteiger partial charge in [-0.2, -0.15) is 0 Å². The largest absolute Gasteiger partial charge is 0.469 e. The van der Waals surface area contributed by atoms with E-state index in [1.54, 1.807) is 67.6 Å². The molecule has 0 heterocycles. The van der Waals surface area contributed by atoms with Gasteiger partial charge in [-0.3, -0.25) is 14.4 Å². The van der Waals surface area contributed by atoms with Crippen LogP contribution in [0.1, 0.15) is 35.3 Å². The number of aliphatic hydroxyl groups is 1. The Labute approximate surface area is 192 Å². The number of methoxy groups -OCH3 is 2. The van der Waals surface area contributed by atoms with E-state index in [0.717, 1.165) is 7.11 Å². The molecule has 0 aliphatic carbocycles. The molecule has 0 bridgehead atoms. The summed E-state index contributed by atoms with van der Waals surface area (Å²) >= 11 is 0. The average Bonchev–Trinajstić information content (AvgIpc) is 2.85. The quantitative estimate of drug-likeness (QED) is 0.460. The van der Waals surface area contributed by atoms with Gasteiger partial charge in [0.1, 0.15) is 6.04 Å². The van der Waals surface area contributed by atoms with Gasteiger partial charge in [-0.15, -0.1) is 0 Å². The molecular formula is C24H28N2O7. The number of amides is 2. The summed E-state index contributed by atoms with van der Waals surface area (Å²) in [4.78, 5) is 49.5. The normalized spacial score (nSPS) is 14.2. The summed E-state index contributed by atoms with van der Waals surface area (Å²) in [5, 5.41) is 16.0. The highest BCUT2D eigenvalue weighted by Gasteiger charge is 2.35. The van der Waals surface area contributed by atoms with Crippen molar-refractivity contribution >= 4 is 23.8 Å². The van der Waals surface area contributed by atoms with Crippen molar-refractivity contribution < 1.29 is 33.8 Å². The minimum atomic E-state index is -1.74. The number of nitrogens with one attached hydrogen (secondary N) is 2. The molecule has 0 aliphatic heterocycles. The van der Waals surface area contributed by atoms with Crippen LogP contribution in [0, 0.1) is 5.92 Å². The van der Waals surface area contributed by atoms with Crippen molar-refractivity contribution in [2.45, 2.75) is 31.5 Å². The topological polar surface area (TPSA) is 131 Å². The molecule has 4 atom stereocenters. The summed E-state index contributed by atoms with van der Waals surface area (Å²) < 4.78 is 9.36. The molecule has 176 valence electrons. The van der Waals surface area contributed by atoms with Crippen LogP contribution < -0.4 is 10.6 Å². The van der Waals surface area contributed by atoms with Crippen LogP contribution in [0.25, 0.3) is 0 Å². The molecule has 2 amide bonds. The molecule has 0 spiro atoms. The highest BCUT2D eigenvalue weighted by atomic mass is 16.5. The van der Waals surface area contributed by atoms with Gasteiger partial charge in [-0.1, -0.05) is 55.5 Å². The smallest absolute Gasteiger partial charge is 0.328 e. The maximum Gasteiger partial charge on any atom is 0.328 e. The van der Waals surface area contributed by atoms with E-state index < -0.39 is 47.9 Å². The third-order valence-corrected chi connectivity index (χ3v) is 5.10. The molecule has 9 nitrogen and oxygen atoms in total. The molecule has 0 fully saturated rings. The number of rotatable bonds is 10. The van der Waals surface area contributed by atoms with Crippen LogP contribution in [-0.4, -0.2) is 55.2 Å². The lowest BCUT2D eigenvalue weighted by molar-refractivity contribution is -0.149. The highest BCUT2D eigenvalue weighted by Crippen LogP contribution is 2.19. The average molecular weight is 456 g/mol. The minimum absolute atomic E-state index is 0.153. The number of carbonyl (C=O) groups is 4. The van der Waals surface area contributed by atoms with Crippen molar-refractivity contribution in [1.29, 1.82) is 0 Å². The fourth-order valence-corrected chi connectivity index (χ4v) is 3.23. The Kier molecular flexibility index (Phi) is 9.56. The molecule has 0 aliphatic rings. The molecule has 0 radical (unpaired) electrons.